The first-order chi connectivity index (χ1) is 8.14. The van der Waals surface area contributed by atoms with Crippen LogP contribution in [0.5, 0.6) is 0 Å². The van der Waals surface area contributed by atoms with Gasteiger partial charge in [-0.05, 0) is 46.1 Å². The molecule has 0 atom stereocenters. The summed E-state index contributed by atoms with van der Waals surface area (Å²) in [5.41, 5.74) is -1.11. The first-order valence-corrected chi connectivity index (χ1v) is 6.10. The lowest BCUT2D eigenvalue weighted by Gasteiger charge is -2.32. The van der Waals surface area contributed by atoms with Gasteiger partial charge in [0.25, 0.3) is 0 Å². The molecule has 0 radical (unpaired) electrons. The summed E-state index contributed by atoms with van der Waals surface area (Å²) in [6.45, 7) is 7.41. The molecule has 1 saturated heterocycles. The fourth-order valence-corrected chi connectivity index (χ4v) is 2.02. The first-order valence-electron chi connectivity index (χ1n) is 6.10. The Morgan fingerprint density at radius 3 is 2.11 bits per heavy atom. The van der Waals surface area contributed by atoms with Gasteiger partial charge in [0, 0.05) is 0 Å². The Morgan fingerprint density at radius 1 is 1.28 bits per heavy atom. The Kier molecular flexibility index (Phi) is 3.06. The smallest absolute Gasteiger partial charge is 0.481 e. The molecule has 0 aromatic rings. The largest absolute Gasteiger partial charge is 0.525 e. The molecule has 6 heteroatoms. The van der Waals surface area contributed by atoms with Crippen molar-refractivity contribution in [1.82, 2.24) is 0 Å². The highest BCUT2D eigenvalue weighted by Gasteiger charge is 2.54. The van der Waals surface area contributed by atoms with Gasteiger partial charge in [-0.15, -0.1) is 0 Å². The van der Waals surface area contributed by atoms with Gasteiger partial charge >= 0.3 is 13.1 Å². The minimum absolute atomic E-state index is 0.255. The second-order valence-electron chi connectivity index (χ2n) is 5.98. The van der Waals surface area contributed by atoms with E-state index in [0.717, 1.165) is 0 Å². The van der Waals surface area contributed by atoms with Crippen molar-refractivity contribution in [3.63, 3.8) is 0 Å². The minimum Gasteiger partial charge on any atom is -0.481 e. The quantitative estimate of drug-likeness (QED) is 0.770. The maximum atomic E-state index is 14.1. The molecule has 1 saturated carbocycles. The highest BCUT2D eigenvalue weighted by Crippen LogP contribution is 2.43. The summed E-state index contributed by atoms with van der Waals surface area (Å²) in [6, 6.07) is 0. The van der Waals surface area contributed by atoms with Crippen molar-refractivity contribution in [3.05, 3.63) is 11.3 Å². The van der Waals surface area contributed by atoms with Gasteiger partial charge in [-0.3, -0.25) is 4.79 Å². The van der Waals surface area contributed by atoms with Gasteiger partial charge in [0.15, 0.2) is 0 Å². The molecule has 0 amide bonds. The van der Waals surface area contributed by atoms with Gasteiger partial charge in [0.1, 0.15) is 5.73 Å². The molecule has 2 aliphatic rings. The number of allylic oxidation sites excluding steroid dienone is 1. The van der Waals surface area contributed by atoms with Crippen molar-refractivity contribution in [3.8, 4) is 0 Å². The molecule has 1 N–H and O–H groups in total. The summed E-state index contributed by atoms with van der Waals surface area (Å²) in [4.78, 5) is 10.7. The van der Waals surface area contributed by atoms with E-state index in [-0.39, 0.29) is 12.8 Å². The summed E-state index contributed by atoms with van der Waals surface area (Å²) >= 11 is 0. The summed E-state index contributed by atoms with van der Waals surface area (Å²) in [6.07, 6.45) is 0.510. The van der Waals surface area contributed by atoms with Crippen LogP contribution in [0, 0.1) is 5.92 Å². The highest BCUT2D eigenvalue weighted by molar-refractivity contribution is 6.53. The van der Waals surface area contributed by atoms with E-state index in [9.17, 15) is 9.18 Å². The average molecular weight is 256 g/mol. The first kappa shape index (κ1) is 13.6. The van der Waals surface area contributed by atoms with Crippen LogP contribution >= 0.6 is 0 Å². The number of halogens is 1. The Bertz CT molecular complexity index is 392. The number of carboxylic acids is 1. The number of rotatable bonds is 2. The van der Waals surface area contributed by atoms with E-state index in [1.165, 1.54) is 0 Å². The number of carboxylic acid groups (broad SMARTS) is 1. The summed E-state index contributed by atoms with van der Waals surface area (Å²) in [5, 5.41) is 8.76. The van der Waals surface area contributed by atoms with E-state index in [1.54, 1.807) is 0 Å². The van der Waals surface area contributed by atoms with Crippen LogP contribution in [0.25, 0.3) is 0 Å². The van der Waals surface area contributed by atoms with Gasteiger partial charge in [-0.25, -0.2) is 4.39 Å². The van der Waals surface area contributed by atoms with Gasteiger partial charge in [-0.1, -0.05) is 0 Å². The van der Waals surface area contributed by atoms with E-state index in [1.807, 2.05) is 27.7 Å². The number of aliphatic carboxylic acids is 1. The number of hydrogen-bond acceptors (Lipinski definition) is 3. The predicted octanol–water partition coefficient (Wildman–Crippen LogP) is 2.34. The molecule has 0 spiro atoms. The Labute approximate surface area is 106 Å². The standard InChI is InChI=1S/C12H18BFO4/c1-11(2)12(3,4)18-13(17-11)9(14)7-5-8(6-7)10(15)16/h8H,5-6H2,1-4H3,(H,15,16). The zero-order chi connectivity index (χ0) is 13.7. The summed E-state index contributed by atoms with van der Waals surface area (Å²) in [7, 11) is -1.00. The number of carbonyl (C=O) groups is 1. The normalized spacial score (nSPS) is 29.1. The van der Waals surface area contributed by atoms with Crippen molar-refractivity contribution in [1.29, 1.82) is 0 Å². The third-order valence-corrected chi connectivity index (χ3v) is 4.13. The predicted molar refractivity (Wildman–Crippen MR) is 64.6 cm³/mol. The van der Waals surface area contributed by atoms with E-state index in [2.05, 4.69) is 0 Å². The molecule has 18 heavy (non-hydrogen) atoms. The van der Waals surface area contributed by atoms with Crippen molar-refractivity contribution in [2.45, 2.75) is 51.7 Å². The van der Waals surface area contributed by atoms with Gasteiger partial charge < -0.3 is 14.4 Å². The van der Waals surface area contributed by atoms with Gasteiger partial charge in [0.05, 0.1) is 17.1 Å². The average Bonchev–Trinajstić information content (AvgIpc) is 2.32. The topological polar surface area (TPSA) is 55.8 Å². The molecule has 0 aromatic carbocycles. The van der Waals surface area contributed by atoms with Crippen LogP contribution < -0.4 is 0 Å². The van der Waals surface area contributed by atoms with Crippen LogP contribution in [-0.4, -0.2) is 29.4 Å². The van der Waals surface area contributed by atoms with Crippen LogP contribution in [-0.2, 0) is 14.1 Å². The lowest BCUT2D eigenvalue weighted by atomic mass is 9.72. The molecular formula is C12H18BFO4. The van der Waals surface area contributed by atoms with Crippen LogP contribution in [0.2, 0.25) is 0 Å². The molecule has 2 rings (SSSR count). The SMILES string of the molecule is CC1(C)OB(C(F)=C2CC(C(=O)O)C2)OC1(C)C. The van der Waals surface area contributed by atoms with Gasteiger partial charge in [-0.2, -0.15) is 0 Å². The third-order valence-electron chi connectivity index (χ3n) is 4.13. The molecule has 0 bridgehead atoms. The second kappa shape index (κ2) is 4.06. The summed E-state index contributed by atoms with van der Waals surface area (Å²) < 4.78 is 25.3. The molecule has 2 fully saturated rings. The maximum absolute atomic E-state index is 14.1. The Morgan fingerprint density at radius 2 is 1.72 bits per heavy atom. The molecule has 4 nitrogen and oxygen atoms in total. The van der Waals surface area contributed by atoms with Crippen LogP contribution in [0.1, 0.15) is 40.5 Å². The lowest BCUT2D eigenvalue weighted by molar-refractivity contribution is -0.143. The monoisotopic (exact) mass is 256 g/mol. The Balaban J connectivity index is 2.07. The van der Waals surface area contributed by atoms with E-state index >= 15 is 0 Å². The second-order valence-corrected chi connectivity index (χ2v) is 5.98. The molecule has 1 heterocycles. The molecule has 100 valence electrons. The van der Waals surface area contributed by atoms with Crippen molar-refractivity contribution < 1.29 is 23.6 Å². The Hall–Kier alpha value is -0.875. The fourth-order valence-electron chi connectivity index (χ4n) is 2.02. The van der Waals surface area contributed by atoms with E-state index < -0.39 is 35.9 Å². The van der Waals surface area contributed by atoms with Crippen LogP contribution in [0.15, 0.2) is 11.3 Å². The zero-order valence-corrected chi connectivity index (χ0v) is 11.1. The summed E-state index contributed by atoms with van der Waals surface area (Å²) in [5.74, 6) is -1.34. The molecule has 0 unspecified atom stereocenters. The molecular weight excluding hydrogens is 238 g/mol. The minimum atomic E-state index is -1.00. The van der Waals surface area contributed by atoms with Crippen molar-refractivity contribution >= 4 is 13.1 Å². The van der Waals surface area contributed by atoms with E-state index in [4.69, 9.17) is 14.4 Å². The number of hydrogen-bond donors (Lipinski definition) is 1. The maximum Gasteiger partial charge on any atom is 0.525 e. The lowest BCUT2D eigenvalue weighted by Crippen LogP contribution is -2.41. The van der Waals surface area contributed by atoms with Crippen LogP contribution in [0.3, 0.4) is 0 Å². The van der Waals surface area contributed by atoms with Gasteiger partial charge in [0.2, 0.25) is 0 Å². The molecule has 1 aliphatic heterocycles. The molecule has 0 aromatic heterocycles. The zero-order valence-electron chi connectivity index (χ0n) is 11.1. The van der Waals surface area contributed by atoms with Crippen molar-refractivity contribution in [2.24, 2.45) is 5.92 Å². The van der Waals surface area contributed by atoms with E-state index in [0.29, 0.717) is 5.57 Å². The third kappa shape index (κ3) is 2.08. The van der Waals surface area contributed by atoms with Crippen LogP contribution in [0.4, 0.5) is 4.39 Å². The molecule has 1 aliphatic carbocycles. The fraction of sp³-hybridized carbons (Fsp3) is 0.750. The van der Waals surface area contributed by atoms with Crippen molar-refractivity contribution in [2.75, 3.05) is 0 Å². The highest BCUT2D eigenvalue weighted by atomic mass is 19.1.